The Morgan fingerprint density at radius 2 is 1.44 bits per heavy atom. The van der Waals surface area contributed by atoms with Crippen LogP contribution < -0.4 is 29.7 Å². The summed E-state index contributed by atoms with van der Waals surface area (Å²) in [5, 5.41) is 7.61. The van der Waals surface area contributed by atoms with Gasteiger partial charge in [0.15, 0.2) is 28.1 Å². The van der Waals surface area contributed by atoms with E-state index in [1.165, 1.54) is 0 Å². The van der Waals surface area contributed by atoms with Gasteiger partial charge in [-0.05, 0) is 60.2 Å². The second kappa shape index (κ2) is 12.2. The number of benzene rings is 3. The smallest absolute Gasteiger partial charge is 0.191 e. The summed E-state index contributed by atoms with van der Waals surface area (Å²) in [5.74, 6) is 2.56. The number of nitrogens with one attached hydrogen (secondary N) is 2. The molecule has 3 aromatic rings. The third-order valence-corrected chi connectivity index (χ3v) is 4.46. The number of hydrazone groups is 1. The number of para-hydroxylation sites is 3. The lowest BCUT2D eigenvalue weighted by atomic mass is 10.2. The van der Waals surface area contributed by atoms with Gasteiger partial charge in [0.1, 0.15) is 13.2 Å². The molecular formula is C24H25N3O4S. The highest BCUT2D eigenvalue weighted by molar-refractivity contribution is 7.80. The maximum Gasteiger partial charge on any atom is 0.191 e. The average molecular weight is 452 g/mol. The summed E-state index contributed by atoms with van der Waals surface area (Å²) in [5.41, 5.74) is 4.50. The summed E-state index contributed by atoms with van der Waals surface area (Å²) >= 11 is 5.23. The van der Waals surface area contributed by atoms with Gasteiger partial charge in [0.2, 0.25) is 0 Å². The molecular weight excluding hydrogens is 426 g/mol. The molecule has 0 heterocycles. The molecule has 0 saturated heterocycles. The third kappa shape index (κ3) is 6.88. The minimum absolute atomic E-state index is 0.350. The maximum atomic E-state index is 5.81. The third-order valence-electron chi connectivity index (χ3n) is 4.27. The van der Waals surface area contributed by atoms with Gasteiger partial charge in [-0.3, -0.25) is 5.43 Å². The standard InChI is InChI=1S/C24H25N3O4S/c1-28-20-10-6-7-11-21(20)30-14-15-31-22-13-12-18(16-23(22)29-2)17-25-27-24(32)26-19-8-4-3-5-9-19/h3-13,16-17H,14-15H2,1-2H3,(H2,26,27,32)/b25-17-. The number of hydrogen-bond donors (Lipinski definition) is 2. The molecule has 0 bridgehead atoms. The van der Waals surface area contributed by atoms with E-state index in [0.29, 0.717) is 41.3 Å². The first-order valence-corrected chi connectivity index (χ1v) is 10.3. The van der Waals surface area contributed by atoms with Gasteiger partial charge in [-0.1, -0.05) is 30.3 Å². The zero-order chi connectivity index (χ0) is 22.6. The lowest BCUT2D eigenvalue weighted by Gasteiger charge is -2.13. The molecule has 32 heavy (non-hydrogen) atoms. The molecule has 0 saturated carbocycles. The van der Waals surface area contributed by atoms with Crippen LogP contribution >= 0.6 is 12.2 Å². The number of thiocarbonyl (C=S) groups is 1. The summed E-state index contributed by atoms with van der Waals surface area (Å²) in [6.45, 7) is 0.714. The van der Waals surface area contributed by atoms with Crippen LogP contribution in [0.15, 0.2) is 77.9 Å². The van der Waals surface area contributed by atoms with E-state index in [9.17, 15) is 0 Å². The van der Waals surface area contributed by atoms with Crippen molar-refractivity contribution < 1.29 is 18.9 Å². The van der Waals surface area contributed by atoms with Crippen LogP contribution in [0.4, 0.5) is 5.69 Å². The Bertz CT molecular complexity index is 1040. The number of nitrogens with zero attached hydrogens (tertiary/aromatic N) is 1. The van der Waals surface area contributed by atoms with E-state index >= 15 is 0 Å². The van der Waals surface area contributed by atoms with Crippen molar-refractivity contribution in [2.75, 3.05) is 32.8 Å². The van der Waals surface area contributed by atoms with Crippen molar-refractivity contribution in [2.24, 2.45) is 5.10 Å². The predicted octanol–water partition coefficient (Wildman–Crippen LogP) is 4.48. The summed E-state index contributed by atoms with van der Waals surface area (Å²) in [4.78, 5) is 0. The highest BCUT2D eigenvalue weighted by Crippen LogP contribution is 2.28. The predicted molar refractivity (Wildman–Crippen MR) is 130 cm³/mol. The molecule has 2 N–H and O–H groups in total. The van der Waals surface area contributed by atoms with E-state index in [0.717, 1.165) is 11.3 Å². The van der Waals surface area contributed by atoms with Crippen molar-refractivity contribution in [3.05, 3.63) is 78.4 Å². The summed E-state index contributed by atoms with van der Waals surface area (Å²) in [7, 11) is 3.20. The quantitative estimate of drug-likeness (QED) is 0.204. The lowest BCUT2D eigenvalue weighted by molar-refractivity contribution is 0.206. The Hall–Kier alpha value is -3.78. The molecule has 0 atom stereocenters. The number of anilines is 1. The second-order valence-electron chi connectivity index (χ2n) is 6.45. The molecule has 7 nitrogen and oxygen atoms in total. The van der Waals surface area contributed by atoms with E-state index in [1.54, 1.807) is 20.4 Å². The van der Waals surface area contributed by atoms with E-state index in [4.69, 9.17) is 31.2 Å². The zero-order valence-electron chi connectivity index (χ0n) is 17.9. The molecule has 0 fully saturated rings. The normalized spacial score (nSPS) is 10.4. The van der Waals surface area contributed by atoms with Crippen molar-refractivity contribution in [2.45, 2.75) is 0 Å². The fraction of sp³-hybridized carbons (Fsp3) is 0.167. The number of methoxy groups -OCH3 is 2. The van der Waals surface area contributed by atoms with Gasteiger partial charge in [-0.2, -0.15) is 5.10 Å². The van der Waals surface area contributed by atoms with Gasteiger partial charge in [0.05, 0.1) is 20.4 Å². The van der Waals surface area contributed by atoms with Crippen molar-refractivity contribution in [3.8, 4) is 23.0 Å². The van der Waals surface area contributed by atoms with Gasteiger partial charge in [0.25, 0.3) is 0 Å². The van der Waals surface area contributed by atoms with Crippen LogP contribution in [-0.4, -0.2) is 38.8 Å². The SMILES string of the molecule is COc1ccccc1OCCOc1ccc(/C=N\NC(=S)Nc2ccccc2)cc1OC. The average Bonchev–Trinajstić information content (AvgIpc) is 2.83. The molecule has 0 spiro atoms. The number of ether oxygens (including phenoxy) is 4. The van der Waals surface area contributed by atoms with Crippen LogP contribution in [0.2, 0.25) is 0 Å². The number of hydrogen-bond acceptors (Lipinski definition) is 6. The summed E-state index contributed by atoms with van der Waals surface area (Å²) in [6, 6.07) is 22.6. The first kappa shape index (κ1) is 22.9. The first-order valence-electron chi connectivity index (χ1n) is 9.91. The first-order chi connectivity index (χ1) is 15.7. The van der Waals surface area contributed by atoms with E-state index < -0.39 is 0 Å². The van der Waals surface area contributed by atoms with Crippen LogP contribution in [-0.2, 0) is 0 Å². The molecule has 8 heteroatoms. The molecule has 0 radical (unpaired) electrons. The maximum absolute atomic E-state index is 5.81. The Kier molecular flexibility index (Phi) is 8.70. The molecule has 3 rings (SSSR count). The van der Waals surface area contributed by atoms with Crippen LogP contribution in [0.3, 0.4) is 0 Å². The fourth-order valence-electron chi connectivity index (χ4n) is 2.77. The monoisotopic (exact) mass is 451 g/mol. The number of rotatable bonds is 10. The lowest BCUT2D eigenvalue weighted by Crippen LogP contribution is -2.23. The van der Waals surface area contributed by atoms with Gasteiger partial charge in [-0.15, -0.1) is 0 Å². The Morgan fingerprint density at radius 3 is 2.12 bits per heavy atom. The van der Waals surface area contributed by atoms with E-state index in [1.807, 2.05) is 72.8 Å². The van der Waals surface area contributed by atoms with Crippen molar-refractivity contribution in [1.82, 2.24) is 5.43 Å². The Labute approximate surface area is 193 Å². The van der Waals surface area contributed by atoms with Crippen molar-refractivity contribution in [1.29, 1.82) is 0 Å². The fourth-order valence-corrected chi connectivity index (χ4v) is 2.94. The molecule has 0 aliphatic heterocycles. The topological polar surface area (TPSA) is 73.3 Å². The molecule has 3 aromatic carbocycles. The molecule has 0 aliphatic rings. The van der Waals surface area contributed by atoms with Crippen molar-refractivity contribution >= 4 is 29.2 Å². The molecule has 0 amide bonds. The van der Waals surface area contributed by atoms with E-state index in [-0.39, 0.29) is 0 Å². The van der Waals surface area contributed by atoms with Crippen LogP contribution in [0, 0.1) is 0 Å². The molecule has 166 valence electrons. The van der Waals surface area contributed by atoms with Crippen molar-refractivity contribution in [3.63, 3.8) is 0 Å². The largest absolute Gasteiger partial charge is 0.493 e. The van der Waals surface area contributed by atoms with Gasteiger partial charge >= 0.3 is 0 Å². The highest BCUT2D eigenvalue weighted by atomic mass is 32.1. The van der Waals surface area contributed by atoms with Crippen LogP contribution in [0.1, 0.15) is 5.56 Å². The molecule has 0 aliphatic carbocycles. The summed E-state index contributed by atoms with van der Waals surface area (Å²) in [6.07, 6.45) is 1.65. The summed E-state index contributed by atoms with van der Waals surface area (Å²) < 4.78 is 22.2. The zero-order valence-corrected chi connectivity index (χ0v) is 18.7. The van der Waals surface area contributed by atoms with Crippen LogP contribution in [0.5, 0.6) is 23.0 Å². The second-order valence-corrected chi connectivity index (χ2v) is 6.86. The highest BCUT2D eigenvalue weighted by Gasteiger charge is 2.07. The Balaban J connectivity index is 1.49. The van der Waals surface area contributed by atoms with Gasteiger partial charge in [0, 0.05) is 5.69 Å². The van der Waals surface area contributed by atoms with E-state index in [2.05, 4.69) is 15.8 Å². The Morgan fingerprint density at radius 1 is 0.812 bits per heavy atom. The van der Waals surface area contributed by atoms with Crippen LogP contribution in [0.25, 0.3) is 0 Å². The minimum Gasteiger partial charge on any atom is -0.493 e. The molecule has 0 aromatic heterocycles. The molecule has 0 unspecified atom stereocenters. The van der Waals surface area contributed by atoms with Gasteiger partial charge in [-0.25, -0.2) is 0 Å². The minimum atomic E-state index is 0.350. The van der Waals surface area contributed by atoms with Gasteiger partial charge < -0.3 is 24.3 Å².